The molecule has 0 aliphatic carbocycles. The number of para-hydroxylation sites is 1. The second kappa shape index (κ2) is 2.73. The maximum Gasteiger partial charge on any atom is 0.234 e. The molecular formula is C11H8N3. The van der Waals surface area contributed by atoms with Crippen molar-refractivity contribution in [3.63, 3.8) is 0 Å². The van der Waals surface area contributed by atoms with Crippen molar-refractivity contribution in [1.82, 2.24) is 9.88 Å². The number of fused-ring (bicyclic) bond motifs is 1. The predicted octanol–water partition coefficient (Wildman–Crippen LogP) is 1.93. The molecule has 1 aromatic carbocycles. The van der Waals surface area contributed by atoms with E-state index in [4.69, 9.17) is 0 Å². The van der Waals surface area contributed by atoms with Gasteiger partial charge in [-0.15, -0.1) is 0 Å². The van der Waals surface area contributed by atoms with Gasteiger partial charge in [0.1, 0.15) is 0 Å². The molecule has 67 valence electrons. The van der Waals surface area contributed by atoms with E-state index in [1.807, 2.05) is 22.9 Å². The van der Waals surface area contributed by atoms with Crippen molar-refractivity contribution in [3.05, 3.63) is 48.9 Å². The van der Waals surface area contributed by atoms with Crippen LogP contribution in [0.1, 0.15) is 0 Å². The Bertz CT molecular complexity index is 534. The average Bonchev–Trinajstić information content (AvgIpc) is 2.85. The SMILES string of the molecule is C1=CN=C(n2ccc3ccccc32)[N]1. The lowest BCUT2D eigenvalue weighted by atomic mass is 10.2. The molecule has 0 unspecified atom stereocenters. The van der Waals surface area contributed by atoms with E-state index in [0.717, 1.165) is 11.5 Å². The molecule has 3 heteroatoms. The van der Waals surface area contributed by atoms with Gasteiger partial charge in [-0.1, -0.05) is 18.2 Å². The van der Waals surface area contributed by atoms with Crippen molar-refractivity contribution in [2.24, 2.45) is 4.99 Å². The minimum Gasteiger partial charge on any atom is -0.285 e. The predicted molar refractivity (Wildman–Crippen MR) is 56.0 cm³/mol. The van der Waals surface area contributed by atoms with Gasteiger partial charge in [-0.25, -0.2) is 10.3 Å². The summed E-state index contributed by atoms with van der Waals surface area (Å²) in [6.07, 6.45) is 5.38. The maximum absolute atomic E-state index is 4.16. The summed E-state index contributed by atoms with van der Waals surface area (Å²) in [6.45, 7) is 0. The Morgan fingerprint density at radius 1 is 1.00 bits per heavy atom. The molecule has 1 aliphatic heterocycles. The largest absolute Gasteiger partial charge is 0.285 e. The summed E-state index contributed by atoms with van der Waals surface area (Å²) in [7, 11) is 0. The minimum atomic E-state index is 0.728. The number of nitrogens with zero attached hydrogens (tertiary/aromatic N) is 3. The smallest absolute Gasteiger partial charge is 0.234 e. The van der Waals surface area contributed by atoms with Crippen LogP contribution in [0.15, 0.2) is 53.9 Å². The number of aromatic nitrogens is 1. The highest BCUT2D eigenvalue weighted by molar-refractivity contribution is 5.95. The first-order chi connectivity index (χ1) is 6.95. The van der Waals surface area contributed by atoms with Gasteiger partial charge in [0.2, 0.25) is 5.96 Å². The van der Waals surface area contributed by atoms with Crippen molar-refractivity contribution >= 4 is 16.9 Å². The molecule has 1 aromatic heterocycles. The van der Waals surface area contributed by atoms with Gasteiger partial charge in [0.15, 0.2) is 0 Å². The highest BCUT2D eigenvalue weighted by Crippen LogP contribution is 2.15. The Balaban J connectivity index is 2.22. The number of hydrogen-bond donors (Lipinski definition) is 0. The summed E-state index contributed by atoms with van der Waals surface area (Å²) in [6, 6.07) is 10.2. The molecule has 0 spiro atoms. The van der Waals surface area contributed by atoms with Gasteiger partial charge >= 0.3 is 0 Å². The Hall–Kier alpha value is -2.03. The van der Waals surface area contributed by atoms with Crippen molar-refractivity contribution in [2.45, 2.75) is 0 Å². The summed E-state index contributed by atoms with van der Waals surface area (Å²) in [4.78, 5) is 4.16. The lowest BCUT2D eigenvalue weighted by Crippen LogP contribution is -2.16. The third-order valence-electron chi connectivity index (χ3n) is 2.26. The molecule has 3 rings (SSSR count). The van der Waals surface area contributed by atoms with E-state index in [1.54, 1.807) is 12.4 Å². The van der Waals surface area contributed by atoms with Crippen LogP contribution < -0.4 is 5.32 Å². The second-order valence-electron chi connectivity index (χ2n) is 3.10. The van der Waals surface area contributed by atoms with E-state index >= 15 is 0 Å². The van der Waals surface area contributed by atoms with Crippen LogP contribution in [0.2, 0.25) is 0 Å². The molecule has 2 heterocycles. The van der Waals surface area contributed by atoms with Gasteiger partial charge in [0.25, 0.3) is 0 Å². The normalized spacial score (nSPS) is 14.4. The van der Waals surface area contributed by atoms with Crippen LogP contribution in [0, 0.1) is 0 Å². The summed E-state index contributed by atoms with van der Waals surface area (Å²) in [5.74, 6) is 0.728. The lowest BCUT2D eigenvalue weighted by Gasteiger charge is -2.02. The van der Waals surface area contributed by atoms with E-state index < -0.39 is 0 Å². The number of benzene rings is 1. The first-order valence-corrected chi connectivity index (χ1v) is 4.45. The molecule has 3 nitrogen and oxygen atoms in total. The van der Waals surface area contributed by atoms with Gasteiger partial charge in [-0.2, -0.15) is 0 Å². The Labute approximate surface area is 81.4 Å². The number of aliphatic imine (C=N–C) groups is 1. The van der Waals surface area contributed by atoms with Gasteiger partial charge in [0.05, 0.1) is 5.52 Å². The van der Waals surface area contributed by atoms with Crippen molar-refractivity contribution in [1.29, 1.82) is 0 Å². The zero-order chi connectivity index (χ0) is 9.38. The first-order valence-electron chi connectivity index (χ1n) is 4.45. The van der Waals surface area contributed by atoms with Gasteiger partial charge in [0, 0.05) is 24.0 Å². The monoisotopic (exact) mass is 182 g/mol. The molecule has 14 heavy (non-hydrogen) atoms. The fraction of sp³-hybridized carbons (Fsp3) is 0. The number of hydrogen-bond acceptors (Lipinski definition) is 1. The fourth-order valence-corrected chi connectivity index (χ4v) is 1.62. The average molecular weight is 182 g/mol. The van der Waals surface area contributed by atoms with Crippen LogP contribution in [0.5, 0.6) is 0 Å². The van der Waals surface area contributed by atoms with E-state index in [2.05, 4.69) is 28.5 Å². The fourth-order valence-electron chi connectivity index (χ4n) is 1.62. The Morgan fingerprint density at radius 2 is 1.93 bits per heavy atom. The van der Waals surface area contributed by atoms with E-state index in [0.29, 0.717) is 0 Å². The first kappa shape index (κ1) is 7.38. The molecule has 0 amide bonds. The minimum absolute atomic E-state index is 0.728. The molecule has 0 atom stereocenters. The van der Waals surface area contributed by atoms with Crippen molar-refractivity contribution in [3.8, 4) is 0 Å². The summed E-state index contributed by atoms with van der Waals surface area (Å²) in [5.41, 5.74) is 1.14. The van der Waals surface area contributed by atoms with Gasteiger partial charge < -0.3 is 0 Å². The van der Waals surface area contributed by atoms with Crippen molar-refractivity contribution in [2.75, 3.05) is 0 Å². The third-order valence-corrected chi connectivity index (χ3v) is 2.26. The van der Waals surface area contributed by atoms with Crippen LogP contribution in [0.25, 0.3) is 10.9 Å². The second-order valence-corrected chi connectivity index (χ2v) is 3.10. The molecule has 0 saturated carbocycles. The molecule has 0 bridgehead atoms. The summed E-state index contributed by atoms with van der Waals surface area (Å²) >= 11 is 0. The highest BCUT2D eigenvalue weighted by Gasteiger charge is 2.07. The zero-order valence-corrected chi connectivity index (χ0v) is 7.46. The van der Waals surface area contributed by atoms with Crippen LogP contribution in [-0.2, 0) is 0 Å². The standard InChI is InChI=1S/C11H8N3/c1-2-4-10-9(3-1)5-8-14(10)11-12-6-7-13-11/h1-8H. The van der Waals surface area contributed by atoms with Crippen LogP contribution in [0.3, 0.4) is 0 Å². The van der Waals surface area contributed by atoms with Crippen LogP contribution in [0.4, 0.5) is 0 Å². The molecule has 1 radical (unpaired) electrons. The Morgan fingerprint density at radius 3 is 2.79 bits per heavy atom. The highest BCUT2D eigenvalue weighted by atomic mass is 15.2. The van der Waals surface area contributed by atoms with Crippen LogP contribution >= 0.6 is 0 Å². The maximum atomic E-state index is 4.16. The van der Waals surface area contributed by atoms with E-state index in [1.165, 1.54) is 5.39 Å². The van der Waals surface area contributed by atoms with Crippen LogP contribution in [-0.4, -0.2) is 10.5 Å². The molecule has 2 aromatic rings. The molecule has 0 saturated heterocycles. The summed E-state index contributed by atoms with van der Waals surface area (Å²) < 4.78 is 1.98. The molecular weight excluding hydrogens is 174 g/mol. The summed E-state index contributed by atoms with van der Waals surface area (Å²) in [5, 5.41) is 5.37. The lowest BCUT2D eigenvalue weighted by molar-refractivity contribution is 1.10. The quantitative estimate of drug-likeness (QED) is 0.596. The third kappa shape index (κ3) is 0.956. The van der Waals surface area contributed by atoms with Gasteiger partial charge in [-0.05, 0) is 12.1 Å². The zero-order valence-electron chi connectivity index (χ0n) is 7.46. The number of rotatable bonds is 0. The molecule has 0 fully saturated rings. The molecule has 1 aliphatic rings. The van der Waals surface area contributed by atoms with E-state index in [-0.39, 0.29) is 0 Å². The van der Waals surface area contributed by atoms with Crippen molar-refractivity contribution < 1.29 is 0 Å². The molecule has 0 N–H and O–H groups in total. The van der Waals surface area contributed by atoms with E-state index in [9.17, 15) is 0 Å². The topological polar surface area (TPSA) is 31.4 Å². The Kier molecular flexibility index (Phi) is 1.44. The van der Waals surface area contributed by atoms with Gasteiger partial charge in [-0.3, -0.25) is 4.57 Å².